The lowest BCUT2D eigenvalue weighted by molar-refractivity contribution is -0.124. The molecule has 0 aromatic heterocycles. The van der Waals surface area contributed by atoms with Gasteiger partial charge in [0.15, 0.2) is 0 Å². The molecular formula is C14H20N4O2. The Morgan fingerprint density at radius 2 is 2.05 bits per heavy atom. The van der Waals surface area contributed by atoms with Crippen LogP contribution in [0.3, 0.4) is 0 Å². The molecule has 1 aromatic rings. The number of hydrazine groups is 1. The predicted molar refractivity (Wildman–Crippen MR) is 77.1 cm³/mol. The van der Waals surface area contributed by atoms with Gasteiger partial charge >= 0.3 is 6.03 Å². The van der Waals surface area contributed by atoms with Crippen LogP contribution >= 0.6 is 0 Å². The molecule has 0 saturated carbocycles. The number of nitrogens with one attached hydrogen (secondary N) is 3. The van der Waals surface area contributed by atoms with Gasteiger partial charge in [0.25, 0.3) is 5.91 Å². The Balaban J connectivity index is 1.95. The molecule has 0 spiro atoms. The molecule has 3 amide bonds. The molecule has 6 heteroatoms. The molecule has 20 heavy (non-hydrogen) atoms. The first-order valence-corrected chi connectivity index (χ1v) is 6.73. The van der Waals surface area contributed by atoms with Gasteiger partial charge in [0, 0.05) is 13.6 Å². The molecule has 1 aromatic carbocycles. The highest BCUT2D eigenvalue weighted by atomic mass is 16.2. The van der Waals surface area contributed by atoms with Gasteiger partial charge < -0.3 is 10.2 Å². The van der Waals surface area contributed by atoms with Crippen LogP contribution in [-0.2, 0) is 4.79 Å². The van der Waals surface area contributed by atoms with E-state index in [1.54, 1.807) is 11.9 Å². The first kappa shape index (κ1) is 14.2. The molecule has 2 rings (SSSR count). The van der Waals surface area contributed by atoms with Crippen molar-refractivity contribution < 1.29 is 9.59 Å². The van der Waals surface area contributed by atoms with E-state index in [2.05, 4.69) is 16.2 Å². The molecule has 108 valence electrons. The van der Waals surface area contributed by atoms with Crippen molar-refractivity contribution in [2.75, 3.05) is 19.0 Å². The molecule has 0 aliphatic carbocycles. The third-order valence-corrected chi connectivity index (χ3v) is 3.50. The Bertz CT molecular complexity index is 504. The highest BCUT2D eigenvalue weighted by molar-refractivity contribution is 5.88. The van der Waals surface area contributed by atoms with E-state index < -0.39 is 6.04 Å². The lowest BCUT2D eigenvalue weighted by Gasteiger charge is -2.23. The Hall–Kier alpha value is -2.24. The molecule has 0 radical (unpaired) electrons. The van der Waals surface area contributed by atoms with Crippen LogP contribution in [-0.4, -0.2) is 36.5 Å². The summed E-state index contributed by atoms with van der Waals surface area (Å²) in [6, 6.07) is 7.06. The number of nitrogens with zero attached hydrogens (tertiary/aromatic N) is 1. The second-order valence-corrected chi connectivity index (χ2v) is 4.84. The molecule has 1 aliphatic heterocycles. The van der Waals surface area contributed by atoms with Crippen molar-refractivity contribution in [1.82, 2.24) is 15.6 Å². The molecule has 1 unspecified atom stereocenters. The van der Waals surface area contributed by atoms with Crippen LogP contribution in [0.4, 0.5) is 10.5 Å². The number of anilines is 1. The average Bonchev–Trinajstić information content (AvgIpc) is 2.94. The lowest BCUT2D eigenvalue weighted by Crippen LogP contribution is -2.49. The number of carbonyl (C=O) groups excluding carboxylic acids is 2. The maximum Gasteiger partial charge on any atom is 0.317 e. The molecule has 1 aliphatic rings. The van der Waals surface area contributed by atoms with E-state index in [-0.39, 0.29) is 11.9 Å². The van der Waals surface area contributed by atoms with Crippen molar-refractivity contribution in [1.29, 1.82) is 0 Å². The number of hydrogen-bond donors (Lipinski definition) is 3. The maximum absolute atomic E-state index is 12.2. The summed E-state index contributed by atoms with van der Waals surface area (Å²) >= 11 is 0. The van der Waals surface area contributed by atoms with Gasteiger partial charge in [-0.3, -0.25) is 15.6 Å². The van der Waals surface area contributed by atoms with E-state index in [4.69, 9.17) is 0 Å². The average molecular weight is 276 g/mol. The van der Waals surface area contributed by atoms with Crippen molar-refractivity contribution >= 4 is 17.6 Å². The summed E-state index contributed by atoms with van der Waals surface area (Å²) in [7, 11) is 1.57. The van der Waals surface area contributed by atoms with Gasteiger partial charge in [0.05, 0.1) is 5.69 Å². The third-order valence-electron chi connectivity index (χ3n) is 3.50. The Morgan fingerprint density at radius 3 is 2.75 bits per heavy atom. The van der Waals surface area contributed by atoms with E-state index in [0.29, 0.717) is 13.0 Å². The van der Waals surface area contributed by atoms with Gasteiger partial charge in [-0.25, -0.2) is 4.79 Å². The number of carbonyl (C=O) groups is 2. The summed E-state index contributed by atoms with van der Waals surface area (Å²) in [6.45, 7) is 2.57. The van der Waals surface area contributed by atoms with Crippen LogP contribution in [0.15, 0.2) is 24.3 Å². The summed E-state index contributed by atoms with van der Waals surface area (Å²) < 4.78 is 0. The van der Waals surface area contributed by atoms with Crippen LogP contribution in [0, 0.1) is 6.92 Å². The number of rotatable bonds is 3. The van der Waals surface area contributed by atoms with E-state index in [9.17, 15) is 9.59 Å². The Morgan fingerprint density at radius 1 is 1.30 bits per heavy atom. The molecule has 1 heterocycles. The van der Waals surface area contributed by atoms with Gasteiger partial charge in [-0.15, -0.1) is 0 Å². The minimum atomic E-state index is -0.411. The number of benzene rings is 1. The normalized spacial score (nSPS) is 17.7. The van der Waals surface area contributed by atoms with Crippen LogP contribution in [0.1, 0.15) is 18.4 Å². The summed E-state index contributed by atoms with van der Waals surface area (Å²) in [4.78, 5) is 25.4. The first-order chi connectivity index (χ1) is 9.63. The zero-order valence-corrected chi connectivity index (χ0v) is 11.8. The fourth-order valence-corrected chi connectivity index (χ4v) is 2.35. The summed E-state index contributed by atoms with van der Waals surface area (Å²) in [6.07, 6.45) is 1.53. The van der Waals surface area contributed by atoms with Crippen molar-refractivity contribution in [2.45, 2.75) is 25.8 Å². The van der Waals surface area contributed by atoms with Crippen molar-refractivity contribution in [3.63, 3.8) is 0 Å². The zero-order valence-electron chi connectivity index (χ0n) is 11.8. The predicted octanol–water partition coefficient (Wildman–Crippen LogP) is 1.24. The smallest absolute Gasteiger partial charge is 0.317 e. The monoisotopic (exact) mass is 276 g/mol. The van der Waals surface area contributed by atoms with Gasteiger partial charge in [0.2, 0.25) is 0 Å². The number of likely N-dealkylation sites (tertiary alicyclic amines) is 1. The Labute approximate surface area is 118 Å². The second kappa shape index (κ2) is 6.27. The summed E-state index contributed by atoms with van der Waals surface area (Å²) in [5.41, 5.74) is 7.49. The van der Waals surface area contributed by atoms with E-state index in [1.807, 2.05) is 31.2 Å². The van der Waals surface area contributed by atoms with Crippen molar-refractivity contribution in [3.8, 4) is 0 Å². The highest BCUT2D eigenvalue weighted by Gasteiger charge is 2.33. The van der Waals surface area contributed by atoms with Gasteiger partial charge in [-0.1, -0.05) is 18.2 Å². The van der Waals surface area contributed by atoms with Crippen LogP contribution < -0.4 is 16.2 Å². The maximum atomic E-state index is 12.2. The number of aryl methyl sites for hydroxylation is 1. The molecule has 0 bridgehead atoms. The molecule has 1 saturated heterocycles. The van der Waals surface area contributed by atoms with Crippen molar-refractivity contribution in [3.05, 3.63) is 29.8 Å². The molecule has 6 nitrogen and oxygen atoms in total. The molecule has 3 N–H and O–H groups in total. The quantitative estimate of drug-likeness (QED) is 0.727. The van der Waals surface area contributed by atoms with Gasteiger partial charge in [-0.2, -0.15) is 0 Å². The third kappa shape index (κ3) is 3.01. The zero-order chi connectivity index (χ0) is 14.5. The van der Waals surface area contributed by atoms with E-state index in [1.165, 1.54) is 0 Å². The molecule has 1 atom stereocenters. The lowest BCUT2D eigenvalue weighted by atomic mass is 10.2. The Kier molecular flexibility index (Phi) is 4.45. The molecular weight excluding hydrogens is 256 g/mol. The minimum Gasteiger partial charge on any atom is -0.341 e. The second-order valence-electron chi connectivity index (χ2n) is 4.84. The van der Waals surface area contributed by atoms with Crippen LogP contribution in [0.25, 0.3) is 0 Å². The van der Waals surface area contributed by atoms with Crippen LogP contribution in [0.2, 0.25) is 0 Å². The number of amides is 3. The summed E-state index contributed by atoms with van der Waals surface area (Å²) in [5.74, 6) is -0.186. The highest BCUT2D eigenvalue weighted by Crippen LogP contribution is 2.17. The topological polar surface area (TPSA) is 73.5 Å². The standard InChI is InChI=1S/C14H20N4O2/c1-10-6-3-4-7-11(10)16-17-13(19)12-8-5-9-18(12)14(20)15-2/h3-4,6-7,12,16H,5,8-9H2,1-2H3,(H,15,20)(H,17,19). The largest absolute Gasteiger partial charge is 0.341 e. The number of hydrogen-bond acceptors (Lipinski definition) is 3. The number of urea groups is 1. The first-order valence-electron chi connectivity index (χ1n) is 6.73. The molecule has 1 fully saturated rings. The van der Waals surface area contributed by atoms with E-state index >= 15 is 0 Å². The minimum absolute atomic E-state index is 0.186. The van der Waals surface area contributed by atoms with E-state index in [0.717, 1.165) is 17.7 Å². The SMILES string of the molecule is CNC(=O)N1CCCC1C(=O)NNc1ccccc1C. The number of para-hydroxylation sites is 1. The van der Waals surface area contributed by atoms with Crippen LogP contribution in [0.5, 0.6) is 0 Å². The van der Waals surface area contributed by atoms with Gasteiger partial charge in [-0.05, 0) is 31.4 Å². The van der Waals surface area contributed by atoms with Gasteiger partial charge in [0.1, 0.15) is 6.04 Å². The fourth-order valence-electron chi connectivity index (χ4n) is 2.35. The summed E-state index contributed by atoms with van der Waals surface area (Å²) in [5, 5.41) is 2.56. The van der Waals surface area contributed by atoms with Crippen molar-refractivity contribution in [2.24, 2.45) is 0 Å². The fraction of sp³-hybridized carbons (Fsp3) is 0.429.